The number of nitrogens with one attached hydrogen (secondary N) is 1. The van der Waals surface area contributed by atoms with Crippen LogP contribution in [-0.2, 0) is 15.0 Å². The predicted octanol–water partition coefficient (Wildman–Crippen LogP) is 3.38. The van der Waals surface area contributed by atoms with E-state index >= 15 is 0 Å². The van der Waals surface area contributed by atoms with Crippen molar-refractivity contribution >= 4 is 23.3 Å². The van der Waals surface area contributed by atoms with E-state index < -0.39 is 29.5 Å². The smallest absolute Gasteiger partial charge is 0.248 e. The minimum absolute atomic E-state index is 0.0982. The fourth-order valence-electron chi connectivity index (χ4n) is 2.81. The van der Waals surface area contributed by atoms with Crippen LogP contribution in [0.2, 0.25) is 0 Å². The Morgan fingerprint density at radius 2 is 2.04 bits per heavy atom. The van der Waals surface area contributed by atoms with Gasteiger partial charge < -0.3 is 9.84 Å². The normalized spacial score (nSPS) is 17.7. The van der Waals surface area contributed by atoms with E-state index in [4.69, 9.17) is 4.52 Å². The number of nitrogens with zero attached hydrogens (tertiary/aromatic N) is 2. The molecular weight excluding hydrogens is 344 g/mol. The van der Waals surface area contributed by atoms with Gasteiger partial charge in [-0.25, -0.2) is 8.78 Å². The summed E-state index contributed by atoms with van der Waals surface area (Å²) < 4.78 is 32.4. The van der Waals surface area contributed by atoms with Crippen LogP contribution in [0.3, 0.4) is 0 Å². The van der Waals surface area contributed by atoms with Crippen molar-refractivity contribution < 1.29 is 22.9 Å². The summed E-state index contributed by atoms with van der Waals surface area (Å²) in [5, 5.41) is 6.40. The molecule has 8 heteroatoms. The summed E-state index contributed by atoms with van der Waals surface area (Å²) in [6.07, 6.45) is 0.326. The highest BCUT2D eigenvalue weighted by Gasteiger charge is 2.38. The highest BCUT2D eigenvalue weighted by molar-refractivity contribution is 6.07. The van der Waals surface area contributed by atoms with Crippen molar-refractivity contribution in [3.8, 4) is 0 Å². The average molecular weight is 363 g/mol. The molecule has 26 heavy (non-hydrogen) atoms. The zero-order valence-corrected chi connectivity index (χ0v) is 14.7. The van der Waals surface area contributed by atoms with E-state index in [0.717, 1.165) is 17.0 Å². The average Bonchev–Trinajstić information content (AvgIpc) is 3.14. The Morgan fingerprint density at radius 1 is 1.31 bits per heavy atom. The van der Waals surface area contributed by atoms with Gasteiger partial charge in [0.25, 0.3) is 0 Å². The molecule has 1 N–H and O–H groups in total. The topological polar surface area (TPSA) is 75.4 Å². The summed E-state index contributed by atoms with van der Waals surface area (Å²) in [6.45, 7) is 5.81. The van der Waals surface area contributed by atoms with Crippen molar-refractivity contribution in [2.45, 2.75) is 45.1 Å². The third-order valence-electron chi connectivity index (χ3n) is 4.18. The molecule has 1 saturated heterocycles. The molecule has 1 aromatic carbocycles. The maximum Gasteiger partial charge on any atom is 0.248 e. The molecule has 0 bridgehead atoms. The molecule has 1 atom stereocenters. The maximum atomic E-state index is 14.1. The Hall–Kier alpha value is -2.77. The lowest BCUT2D eigenvalue weighted by Crippen LogP contribution is -2.42. The van der Waals surface area contributed by atoms with Crippen LogP contribution in [0.1, 0.15) is 39.4 Å². The van der Waals surface area contributed by atoms with Gasteiger partial charge in [0.15, 0.2) is 5.82 Å². The van der Waals surface area contributed by atoms with E-state index in [9.17, 15) is 18.4 Å². The predicted molar refractivity (Wildman–Crippen MR) is 90.7 cm³/mol. The highest BCUT2D eigenvalue weighted by Crippen LogP contribution is 2.30. The number of hydrogen-bond donors (Lipinski definition) is 1. The molecule has 3 rings (SSSR count). The summed E-state index contributed by atoms with van der Waals surface area (Å²) in [4.78, 5) is 25.8. The largest absolute Gasteiger partial charge is 0.359 e. The van der Waals surface area contributed by atoms with E-state index in [1.165, 1.54) is 0 Å². The molecule has 0 radical (unpaired) electrons. The summed E-state index contributed by atoms with van der Waals surface area (Å²) >= 11 is 0. The van der Waals surface area contributed by atoms with Crippen LogP contribution in [0.5, 0.6) is 0 Å². The Balaban J connectivity index is 1.81. The Morgan fingerprint density at radius 3 is 2.65 bits per heavy atom. The summed E-state index contributed by atoms with van der Waals surface area (Å²) in [5.41, 5.74) is -0.396. The molecule has 138 valence electrons. The molecule has 0 aliphatic carbocycles. The van der Waals surface area contributed by atoms with Crippen LogP contribution in [0, 0.1) is 11.6 Å². The molecular formula is C18H19F2N3O3. The second kappa shape index (κ2) is 6.51. The number of amides is 2. The van der Waals surface area contributed by atoms with Gasteiger partial charge in [0.2, 0.25) is 11.8 Å². The monoisotopic (exact) mass is 363 g/mol. The van der Waals surface area contributed by atoms with Crippen LogP contribution in [0.25, 0.3) is 0 Å². The molecule has 2 heterocycles. The maximum absolute atomic E-state index is 14.1. The van der Waals surface area contributed by atoms with Gasteiger partial charge in [-0.2, -0.15) is 0 Å². The molecule has 1 aliphatic heterocycles. The molecule has 0 spiro atoms. The second-order valence-electron chi connectivity index (χ2n) is 7.23. The fourth-order valence-corrected chi connectivity index (χ4v) is 2.81. The number of carbonyl (C=O) groups excluding carboxylic acids is 2. The SMILES string of the molecule is CC(C)(C)c1cc(NC(=O)[C@@H]2CCC(=O)N2c2ccc(F)cc2F)no1. The van der Waals surface area contributed by atoms with E-state index in [1.54, 1.807) is 6.07 Å². The molecule has 1 fully saturated rings. The van der Waals surface area contributed by atoms with Gasteiger partial charge in [0.05, 0.1) is 5.69 Å². The molecule has 0 saturated carbocycles. The van der Waals surface area contributed by atoms with E-state index in [1.807, 2.05) is 20.8 Å². The minimum atomic E-state index is -0.905. The van der Waals surface area contributed by atoms with Gasteiger partial charge in [-0.1, -0.05) is 25.9 Å². The first-order valence-electron chi connectivity index (χ1n) is 8.22. The van der Waals surface area contributed by atoms with Gasteiger partial charge in [-0.15, -0.1) is 0 Å². The molecule has 0 unspecified atom stereocenters. The standard InChI is InChI=1S/C18H19F2N3O3/c1-18(2,3)14-9-15(22-26-14)21-17(25)13-6-7-16(24)23(13)12-5-4-10(19)8-11(12)20/h4-5,8-9,13H,6-7H2,1-3H3,(H,21,22,25)/t13-/m0/s1. The summed E-state index contributed by atoms with van der Waals surface area (Å²) in [5.74, 6) is -1.74. The van der Waals surface area contributed by atoms with Crippen molar-refractivity contribution in [1.29, 1.82) is 0 Å². The third-order valence-corrected chi connectivity index (χ3v) is 4.18. The van der Waals surface area contributed by atoms with Crippen LogP contribution in [0.4, 0.5) is 20.3 Å². The lowest BCUT2D eigenvalue weighted by molar-refractivity contribution is -0.120. The number of anilines is 2. The molecule has 6 nitrogen and oxygen atoms in total. The van der Waals surface area contributed by atoms with Crippen molar-refractivity contribution in [2.75, 3.05) is 10.2 Å². The summed E-state index contributed by atoms with van der Waals surface area (Å²) in [6, 6.07) is 3.59. The Bertz CT molecular complexity index is 858. The lowest BCUT2D eigenvalue weighted by Gasteiger charge is -2.24. The molecule has 2 aromatic rings. The Kier molecular flexibility index (Phi) is 4.52. The number of carbonyl (C=O) groups is 2. The van der Waals surface area contributed by atoms with E-state index in [-0.39, 0.29) is 29.8 Å². The van der Waals surface area contributed by atoms with Crippen molar-refractivity contribution in [2.24, 2.45) is 0 Å². The first-order chi connectivity index (χ1) is 12.2. The van der Waals surface area contributed by atoms with Gasteiger partial charge in [0, 0.05) is 24.0 Å². The number of benzene rings is 1. The first-order valence-corrected chi connectivity index (χ1v) is 8.22. The third kappa shape index (κ3) is 3.44. The van der Waals surface area contributed by atoms with Gasteiger partial charge in [-0.05, 0) is 18.6 Å². The Labute approximate surface area is 149 Å². The van der Waals surface area contributed by atoms with Crippen LogP contribution in [0.15, 0.2) is 28.8 Å². The van der Waals surface area contributed by atoms with E-state index in [0.29, 0.717) is 11.8 Å². The van der Waals surface area contributed by atoms with Crippen LogP contribution >= 0.6 is 0 Å². The second-order valence-corrected chi connectivity index (χ2v) is 7.23. The number of rotatable bonds is 3. The molecule has 1 aromatic heterocycles. The van der Waals surface area contributed by atoms with E-state index in [2.05, 4.69) is 10.5 Å². The quantitative estimate of drug-likeness (QED) is 0.907. The van der Waals surface area contributed by atoms with Crippen molar-refractivity contribution in [3.05, 3.63) is 41.7 Å². The van der Waals surface area contributed by atoms with Crippen molar-refractivity contribution in [3.63, 3.8) is 0 Å². The highest BCUT2D eigenvalue weighted by atomic mass is 19.1. The minimum Gasteiger partial charge on any atom is -0.359 e. The zero-order chi connectivity index (χ0) is 19.1. The van der Waals surface area contributed by atoms with Gasteiger partial charge >= 0.3 is 0 Å². The molecule has 2 amide bonds. The summed E-state index contributed by atoms with van der Waals surface area (Å²) in [7, 11) is 0. The number of aromatic nitrogens is 1. The van der Waals surface area contributed by atoms with Gasteiger partial charge in [-0.3, -0.25) is 14.5 Å². The fraction of sp³-hybridized carbons (Fsp3) is 0.389. The van der Waals surface area contributed by atoms with Crippen molar-refractivity contribution in [1.82, 2.24) is 5.16 Å². The van der Waals surface area contributed by atoms with Crippen LogP contribution < -0.4 is 10.2 Å². The molecule has 1 aliphatic rings. The number of hydrogen-bond acceptors (Lipinski definition) is 4. The van der Waals surface area contributed by atoms with Crippen LogP contribution in [-0.4, -0.2) is 23.0 Å². The van der Waals surface area contributed by atoms with Gasteiger partial charge in [0.1, 0.15) is 23.4 Å². The first kappa shape index (κ1) is 18.0. The zero-order valence-electron chi connectivity index (χ0n) is 14.7. The lowest BCUT2D eigenvalue weighted by atomic mass is 9.93. The number of halogens is 2.